The summed E-state index contributed by atoms with van der Waals surface area (Å²) in [6.07, 6.45) is 2.74. The van der Waals surface area contributed by atoms with Crippen molar-refractivity contribution in [1.82, 2.24) is 10.2 Å². The van der Waals surface area contributed by atoms with Gasteiger partial charge in [-0.25, -0.2) is 0 Å². The molecule has 0 aromatic heterocycles. The standard InChI is InChI=1S/C17H24N2O/c1-12-11-20-16-5-3-2-4-14(16)17(12)18-15-10-19-8-6-13(15)7-9-19/h2-5,12-13,15,17-18H,6-11H2,1H3. The third-order valence-electron chi connectivity index (χ3n) is 5.37. The third-order valence-corrected chi connectivity index (χ3v) is 5.37. The van der Waals surface area contributed by atoms with Crippen molar-refractivity contribution >= 4 is 0 Å². The number of hydrogen-bond acceptors (Lipinski definition) is 3. The van der Waals surface area contributed by atoms with Crippen molar-refractivity contribution in [3.8, 4) is 5.75 Å². The highest BCUT2D eigenvalue weighted by Crippen LogP contribution is 2.37. The van der Waals surface area contributed by atoms with Crippen LogP contribution in [0.3, 0.4) is 0 Å². The third kappa shape index (κ3) is 2.13. The molecule has 1 aromatic carbocycles. The smallest absolute Gasteiger partial charge is 0.124 e. The summed E-state index contributed by atoms with van der Waals surface area (Å²) in [5.74, 6) is 2.49. The van der Waals surface area contributed by atoms with E-state index in [9.17, 15) is 0 Å². The van der Waals surface area contributed by atoms with E-state index in [-0.39, 0.29) is 0 Å². The molecule has 1 aromatic rings. The van der Waals surface area contributed by atoms with Crippen LogP contribution in [0.2, 0.25) is 0 Å². The fraction of sp³-hybridized carbons (Fsp3) is 0.647. The largest absolute Gasteiger partial charge is 0.493 e. The van der Waals surface area contributed by atoms with E-state index in [1.54, 1.807) is 0 Å². The van der Waals surface area contributed by atoms with Gasteiger partial charge in [-0.3, -0.25) is 0 Å². The summed E-state index contributed by atoms with van der Waals surface area (Å²) >= 11 is 0. The van der Waals surface area contributed by atoms with E-state index < -0.39 is 0 Å². The van der Waals surface area contributed by atoms with Crippen molar-refractivity contribution < 1.29 is 4.74 Å². The summed E-state index contributed by atoms with van der Waals surface area (Å²) in [5.41, 5.74) is 1.35. The molecule has 4 aliphatic rings. The zero-order chi connectivity index (χ0) is 13.5. The zero-order valence-corrected chi connectivity index (χ0v) is 12.2. The van der Waals surface area contributed by atoms with E-state index in [0.717, 1.165) is 18.3 Å². The average molecular weight is 272 g/mol. The lowest BCUT2D eigenvalue weighted by molar-refractivity contribution is 0.0566. The van der Waals surface area contributed by atoms with E-state index in [2.05, 4.69) is 41.4 Å². The minimum Gasteiger partial charge on any atom is -0.493 e. The molecule has 3 saturated heterocycles. The van der Waals surface area contributed by atoms with Crippen LogP contribution in [0.25, 0.3) is 0 Å². The molecule has 20 heavy (non-hydrogen) atoms. The average Bonchev–Trinajstić information content (AvgIpc) is 2.51. The van der Waals surface area contributed by atoms with Gasteiger partial charge in [0.1, 0.15) is 5.75 Å². The second kappa shape index (κ2) is 5.05. The Hall–Kier alpha value is -1.06. The molecule has 3 unspecified atom stereocenters. The second-order valence-electron chi connectivity index (χ2n) is 6.71. The summed E-state index contributed by atoms with van der Waals surface area (Å²) in [5, 5.41) is 3.97. The summed E-state index contributed by atoms with van der Waals surface area (Å²) in [4.78, 5) is 2.62. The minimum atomic E-state index is 0.450. The molecule has 108 valence electrons. The molecule has 0 amide bonds. The molecule has 3 atom stereocenters. The van der Waals surface area contributed by atoms with Gasteiger partial charge in [0.15, 0.2) is 0 Å². The fourth-order valence-corrected chi connectivity index (χ4v) is 4.13. The highest BCUT2D eigenvalue weighted by atomic mass is 16.5. The molecule has 5 rings (SSSR count). The molecular formula is C17H24N2O. The van der Waals surface area contributed by atoms with Gasteiger partial charge in [0.25, 0.3) is 0 Å². The Morgan fingerprint density at radius 3 is 2.75 bits per heavy atom. The maximum Gasteiger partial charge on any atom is 0.124 e. The number of rotatable bonds is 2. The van der Waals surface area contributed by atoms with Crippen LogP contribution in [0.15, 0.2) is 24.3 Å². The van der Waals surface area contributed by atoms with Crippen molar-refractivity contribution in [3.63, 3.8) is 0 Å². The number of piperidine rings is 3. The van der Waals surface area contributed by atoms with Crippen LogP contribution < -0.4 is 10.1 Å². The Balaban J connectivity index is 1.56. The van der Waals surface area contributed by atoms with Crippen molar-refractivity contribution in [2.75, 3.05) is 26.2 Å². The molecule has 3 fully saturated rings. The Bertz CT molecular complexity index is 482. The van der Waals surface area contributed by atoms with Crippen LogP contribution in [0.5, 0.6) is 5.75 Å². The maximum atomic E-state index is 5.87. The number of fused-ring (bicyclic) bond motifs is 4. The van der Waals surface area contributed by atoms with Crippen LogP contribution in [-0.4, -0.2) is 37.2 Å². The lowest BCUT2D eigenvalue weighted by atomic mass is 9.82. The van der Waals surface area contributed by atoms with E-state index >= 15 is 0 Å². The molecule has 0 spiro atoms. The van der Waals surface area contributed by atoms with Crippen molar-refractivity contribution in [2.45, 2.75) is 31.8 Å². The summed E-state index contributed by atoms with van der Waals surface area (Å²) in [7, 11) is 0. The number of para-hydroxylation sites is 1. The first-order valence-corrected chi connectivity index (χ1v) is 8.01. The van der Waals surface area contributed by atoms with Crippen LogP contribution in [-0.2, 0) is 0 Å². The number of ether oxygens (including phenoxy) is 1. The summed E-state index contributed by atoms with van der Waals surface area (Å²) in [6, 6.07) is 9.64. The molecule has 4 heterocycles. The number of nitrogens with one attached hydrogen (secondary N) is 1. The van der Waals surface area contributed by atoms with Crippen molar-refractivity contribution in [1.29, 1.82) is 0 Å². The predicted molar refractivity (Wildman–Crippen MR) is 79.9 cm³/mol. The van der Waals surface area contributed by atoms with Crippen LogP contribution in [0.1, 0.15) is 31.4 Å². The molecule has 2 bridgehead atoms. The van der Waals surface area contributed by atoms with Gasteiger partial charge in [-0.1, -0.05) is 25.1 Å². The van der Waals surface area contributed by atoms with Crippen molar-refractivity contribution in [2.24, 2.45) is 11.8 Å². The number of hydrogen-bond donors (Lipinski definition) is 1. The van der Waals surface area contributed by atoms with Gasteiger partial charge in [-0.05, 0) is 37.9 Å². The number of benzene rings is 1. The molecule has 1 N–H and O–H groups in total. The van der Waals surface area contributed by atoms with Crippen LogP contribution >= 0.6 is 0 Å². The van der Waals surface area contributed by atoms with Gasteiger partial charge in [0, 0.05) is 30.1 Å². The molecule has 3 heteroatoms. The Morgan fingerprint density at radius 2 is 2.00 bits per heavy atom. The van der Waals surface area contributed by atoms with Gasteiger partial charge in [0.2, 0.25) is 0 Å². The van der Waals surface area contributed by atoms with Gasteiger partial charge in [-0.2, -0.15) is 0 Å². The normalized spacial score (nSPS) is 39.1. The minimum absolute atomic E-state index is 0.450. The maximum absolute atomic E-state index is 5.87. The van der Waals surface area contributed by atoms with E-state index in [0.29, 0.717) is 18.0 Å². The first-order chi connectivity index (χ1) is 9.81. The highest BCUT2D eigenvalue weighted by Gasteiger charge is 2.37. The lowest BCUT2D eigenvalue weighted by Gasteiger charge is -2.47. The van der Waals surface area contributed by atoms with Gasteiger partial charge >= 0.3 is 0 Å². The van der Waals surface area contributed by atoms with Gasteiger partial charge in [0.05, 0.1) is 6.61 Å². The molecule has 4 aliphatic heterocycles. The first kappa shape index (κ1) is 12.7. The van der Waals surface area contributed by atoms with E-state index in [1.807, 2.05) is 0 Å². The Morgan fingerprint density at radius 1 is 1.20 bits per heavy atom. The first-order valence-electron chi connectivity index (χ1n) is 8.01. The zero-order valence-electron chi connectivity index (χ0n) is 12.2. The summed E-state index contributed by atoms with van der Waals surface area (Å²) in [6.45, 7) is 6.98. The second-order valence-corrected chi connectivity index (χ2v) is 6.71. The lowest BCUT2D eigenvalue weighted by Crippen LogP contribution is -2.57. The predicted octanol–water partition coefficient (Wildman–Crippen LogP) is 2.44. The van der Waals surface area contributed by atoms with Crippen LogP contribution in [0.4, 0.5) is 0 Å². The molecule has 0 saturated carbocycles. The molecule has 0 radical (unpaired) electrons. The van der Waals surface area contributed by atoms with Crippen molar-refractivity contribution in [3.05, 3.63) is 29.8 Å². The van der Waals surface area contributed by atoms with Gasteiger partial charge in [-0.15, -0.1) is 0 Å². The van der Waals surface area contributed by atoms with Crippen LogP contribution in [0, 0.1) is 11.8 Å². The Kier molecular flexibility index (Phi) is 3.20. The highest BCUT2D eigenvalue weighted by molar-refractivity contribution is 5.38. The topological polar surface area (TPSA) is 24.5 Å². The molecular weight excluding hydrogens is 248 g/mol. The van der Waals surface area contributed by atoms with Gasteiger partial charge < -0.3 is 15.0 Å². The fourth-order valence-electron chi connectivity index (χ4n) is 4.13. The Labute approximate surface area is 121 Å². The molecule has 3 nitrogen and oxygen atoms in total. The van der Waals surface area contributed by atoms with E-state index in [1.165, 1.54) is 38.0 Å². The summed E-state index contributed by atoms with van der Waals surface area (Å²) < 4.78 is 5.87. The molecule has 0 aliphatic carbocycles. The monoisotopic (exact) mass is 272 g/mol. The number of nitrogens with zero attached hydrogens (tertiary/aromatic N) is 1. The SMILES string of the molecule is CC1COc2ccccc2C1NC1CN2CCC1CC2. The van der Waals surface area contributed by atoms with E-state index in [4.69, 9.17) is 4.74 Å². The quantitative estimate of drug-likeness (QED) is 0.895.